The first-order chi connectivity index (χ1) is 15.3. The van der Waals surface area contributed by atoms with Crippen LogP contribution in [-0.2, 0) is 21.7 Å². The maximum atomic E-state index is 6.42. The molecule has 0 saturated carbocycles. The summed E-state index contributed by atoms with van der Waals surface area (Å²) in [6, 6.07) is 30.7. The molecular weight excluding hydrogens is 396 g/mol. The standard InChI is InChI=1S/C28H24O2Si/c1-29-31(30-2,27-15-7-13-23-21-11-5-3-9-19(21)17-25(23)27)28-16-8-14-24-22-12-6-4-10-20(22)18-26(24)28/h3-16H,17-18H2,1-2H3. The maximum absolute atomic E-state index is 6.42. The molecule has 0 unspecified atom stereocenters. The fourth-order valence-corrected chi connectivity index (χ4v) is 8.81. The Morgan fingerprint density at radius 2 is 0.935 bits per heavy atom. The molecule has 2 aliphatic rings. The van der Waals surface area contributed by atoms with E-state index in [4.69, 9.17) is 8.85 Å². The van der Waals surface area contributed by atoms with E-state index in [9.17, 15) is 0 Å². The summed E-state index contributed by atoms with van der Waals surface area (Å²) in [7, 11) is 0.749. The Hall–Kier alpha value is -2.98. The zero-order valence-electron chi connectivity index (χ0n) is 17.8. The Bertz CT molecular complexity index is 1220. The Morgan fingerprint density at radius 1 is 0.516 bits per heavy atom. The summed E-state index contributed by atoms with van der Waals surface area (Å²) >= 11 is 0. The molecule has 6 rings (SSSR count). The van der Waals surface area contributed by atoms with Gasteiger partial charge in [0.15, 0.2) is 0 Å². The topological polar surface area (TPSA) is 18.5 Å². The molecule has 0 saturated heterocycles. The van der Waals surface area contributed by atoms with E-state index >= 15 is 0 Å². The van der Waals surface area contributed by atoms with E-state index in [0.29, 0.717) is 0 Å². The van der Waals surface area contributed by atoms with Crippen molar-refractivity contribution in [3.05, 3.63) is 107 Å². The third-order valence-corrected chi connectivity index (χ3v) is 10.5. The molecule has 0 fully saturated rings. The molecule has 0 amide bonds. The number of hydrogen-bond donors (Lipinski definition) is 0. The van der Waals surface area contributed by atoms with Gasteiger partial charge in [-0.05, 0) is 57.3 Å². The highest BCUT2D eigenvalue weighted by atomic mass is 28.4. The highest BCUT2D eigenvalue weighted by Gasteiger charge is 2.46. The molecule has 0 bridgehead atoms. The van der Waals surface area contributed by atoms with Crippen LogP contribution in [-0.4, -0.2) is 22.8 Å². The molecule has 0 spiro atoms. The molecule has 0 aliphatic heterocycles. The lowest BCUT2D eigenvalue weighted by Crippen LogP contribution is -2.64. The van der Waals surface area contributed by atoms with E-state index in [1.807, 2.05) is 14.2 Å². The molecule has 4 aromatic rings. The van der Waals surface area contributed by atoms with Gasteiger partial charge in [0.1, 0.15) is 0 Å². The second-order valence-electron chi connectivity index (χ2n) is 8.36. The van der Waals surface area contributed by atoms with Gasteiger partial charge in [-0.2, -0.15) is 0 Å². The smallest absolute Gasteiger partial charge is 0.391 e. The Labute approximate surface area is 184 Å². The first-order valence-corrected chi connectivity index (χ1v) is 12.6. The lowest BCUT2D eigenvalue weighted by Gasteiger charge is -2.31. The summed E-state index contributed by atoms with van der Waals surface area (Å²) in [5.41, 5.74) is 10.8. The highest BCUT2D eigenvalue weighted by Crippen LogP contribution is 2.38. The Kier molecular flexibility index (Phi) is 4.25. The molecule has 0 atom stereocenters. The second-order valence-corrected chi connectivity index (χ2v) is 11.5. The Balaban J connectivity index is 1.58. The van der Waals surface area contributed by atoms with Crippen LogP contribution in [0.1, 0.15) is 22.3 Å². The van der Waals surface area contributed by atoms with Crippen molar-refractivity contribution in [1.82, 2.24) is 0 Å². The van der Waals surface area contributed by atoms with Crippen molar-refractivity contribution in [2.24, 2.45) is 0 Å². The Morgan fingerprint density at radius 3 is 1.39 bits per heavy atom. The molecule has 2 nitrogen and oxygen atoms in total. The number of fused-ring (bicyclic) bond motifs is 6. The van der Waals surface area contributed by atoms with Gasteiger partial charge in [0.2, 0.25) is 0 Å². The van der Waals surface area contributed by atoms with Gasteiger partial charge >= 0.3 is 8.56 Å². The third kappa shape index (κ3) is 2.58. The molecule has 0 heterocycles. The van der Waals surface area contributed by atoms with Gasteiger partial charge in [-0.25, -0.2) is 0 Å². The SMILES string of the molecule is CO[Si](OC)(c1cccc2c1Cc1ccccc1-2)c1cccc2c1Cc1ccccc1-2. The average molecular weight is 421 g/mol. The summed E-state index contributed by atoms with van der Waals surface area (Å²) in [5, 5.41) is 2.46. The van der Waals surface area contributed by atoms with Gasteiger partial charge in [0.25, 0.3) is 0 Å². The van der Waals surface area contributed by atoms with Crippen molar-refractivity contribution in [1.29, 1.82) is 0 Å². The van der Waals surface area contributed by atoms with Crippen molar-refractivity contribution >= 4 is 18.9 Å². The van der Waals surface area contributed by atoms with Gasteiger partial charge in [-0.15, -0.1) is 0 Å². The molecule has 31 heavy (non-hydrogen) atoms. The predicted octanol–water partition coefficient (Wildman–Crippen LogP) is 4.68. The lowest BCUT2D eigenvalue weighted by molar-refractivity contribution is 0.272. The monoisotopic (exact) mass is 420 g/mol. The summed E-state index contributed by atoms with van der Waals surface area (Å²) in [5.74, 6) is 0. The quantitative estimate of drug-likeness (QED) is 0.386. The number of rotatable bonds is 4. The number of hydrogen-bond acceptors (Lipinski definition) is 2. The van der Waals surface area contributed by atoms with Crippen LogP contribution in [0.25, 0.3) is 22.3 Å². The van der Waals surface area contributed by atoms with E-state index in [1.54, 1.807) is 0 Å². The summed E-state index contributed by atoms with van der Waals surface area (Å²) < 4.78 is 12.8. The van der Waals surface area contributed by atoms with Crippen LogP contribution >= 0.6 is 0 Å². The van der Waals surface area contributed by atoms with E-state index in [2.05, 4.69) is 84.9 Å². The predicted molar refractivity (Wildman–Crippen MR) is 128 cm³/mol. The van der Waals surface area contributed by atoms with Crippen LogP contribution in [0.4, 0.5) is 0 Å². The van der Waals surface area contributed by atoms with E-state index in [-0.39, 0.29) is 0 Å². The molecule has 0 radical (unpaired) electrons. The fourth-order valence-electron chi connectivity index (χ4n) is 5.60. The third-order valence-electron chi connectivity index (χ3n) is 6.99. The van der Waals surface area contributed by atoms with Gasteiger partial charge < -0.3 is 8.85 Å². The van der Waals surface area contributed by atoms with E-state index in [0.717, 1.165) is 12.8 Å². The number of benzene rings is 4. The minimum absolute atomic E-state index is 0.929. The fraction of sp³-hybridized carbons (Fsp3) is 0.143. The zero-order valence-corrected chi connectivity index (χ0v) is 18.8. The highest BCUT2D eigenvalue weighted by molar-refractivity contribution is 6.93. The summed E-state index contributed by atoms with van der Waals surface area (Å²) in [6.07, 6.45) is 1.86. The largest absolute Gasteiger partial charge is 0.407 e. The molecule has 4 aromatic carbocycles. The van der Waals surface area contributed by atoms with Crippen LogP contribution in [0.5, 0.6) is 0 Å². The molecule has 0 N–H and O–H groups in total. The molecule has 152 valence electrons. The first-order valence-electron chi connectivity index (χ1n) is 10.8. The summed E-state index contributed by atoms with van der Waals surface area (Å²) in [6.45, 7) is 0. The molecule has 0 aromatic heterocycles. The van der Waals surface area contributed by atoms with Crippen molar-refractivity contribution in [3.8, 4) is 22.3 Å². The second kappa shape index (κ2) is 7.03. The van der Waals surface area contributed by atoms with Crippen LogP contribution in [0, 0.1) is 0 Å². The van der Waals surface area contributed by atoms with Crippen molar-refractivity contribution < 1.29 is 8.85 Å². The van der Waals surface area contributed by atoms with Crippen molar-refractivity contribution in [3.63, 3.8) is 0 Å². The first kappa shape index (κ1) is 18.8. The molecule has 2 aliphatic carbocycles. The van der Waals surface area contributed by atoms with E-state index in [1.165, 1.54) is 54.9 Å². The normalized spacial score (nSPS) is 13.5. The molecule has 3 heteroatoms. The lowest BCUT2D eigenvalue weighted by atomic mass is 10.1. The average Bonchev–Trinajstić information content (AvgIpc) is 3.39. The van der Waals surface area contributed by atoms with E-state index < -0.39 is 8.56 Å². The van der Waals surface area contributed by atoms with Crippen LogP contribution in [0.2, 0.25) is 0 Å². The van der Waals surface area contributed by atoms with Gasteiger partial charge in [0.05, 0.1) is 0 Å². The zero-order chi connectivity index (χ0) is 21.0. The van der Waals surface area contributed by atoms with Gasteiger partial charge in [-0.1, -0.05) is 84.9 Å². The maximum Gasteiger partial charge on any atom is 0.407 e. The summed E-state index contributed by atoms with van der Waals surface area (Å²) in [4.78, 5) is 0. The van der Waals surface area contributed by atoms with Gasteiger partial charge in [0, 0.05) is 24.6 Å². The van der Waals surface area contributed by atoms with Crippen molar-refractivity contribution in [2.45, 2.75) is 12.8 Å². The molecular formula is C28H24O2Si. The van der Waals surface area contributed by atoms with Crippen LogP contribution < -0.4 is 10.4 Å². The minimum atomic E-state index is -2.89. The minimum Gasteiger partial charge on any atom is -0.391 e. The van der Waals surface area contributed by atoms with Crippen LogP contribution in [0.3, 0.4) is 0 Å². The van der Waals surface area contributed by atoms with Gasteiger partial charge in [-0.3, -0.25) is 0 Å². The van der Waals surface area contributed by atoms with Crippen molar-refractivity contribution in [2.75, 3.05) is 14.2 Å². The van der Waals surface area contributed by atoms with Crippen LogP contribution in [0.15, 0.2) is 84.9 Å².